The van der Waals surface area contributed by atoms with Crippen molar-refractivity contribution in [2.45, 2.75) is 18.7 Å². The van der Waals surface area contributed by atoms with Crippen molar-refractivity contribution < 1.29 is 21.6 Å². The van der Waals surface area contributed by atoms with Crippen molar-refractivity contribution in [2.75, 3.05) is 28.1 Å². The molecule has 4 aromatic rings. The van der Waals surface area contributed by atoms with Crippen LogP contribution < -0.4 is 9.03 Å². The van der Waals surface area contributed by atoms with Gasteiger partial charge in [0.15, 0.2) is 5.94 Å². The maximum atomic E-state index is 13.3. The minimum absolute atomic E-state index is 0.0721. The molecule has 0 aliphatic carbocycles. The normalized spacial score (nSPS) is 15.7. The Morgan fingerprint density at radius 3 is 2.53 bits per heavy atom. The number of anilines is 2. The van der Waals surface area contributed by atoms with E-state index in [0.717, 1.165) is 27.7 Å². The first-order valence-corrected chi connectivity index (χ1v) is 14.4. The van der Waals surface area contributed by atoms with Gasteiger partial charge in [-0.3, -0.25) is 9.03 Å². The van der Waals surface area contributed by atoms with Gasteiger partial charge in [-0.1, -0.05) is 30.3 Å². The number of fused-ring (bicyclic) bond motifs is 1. The Morgan fingerprint density at radius 2 is 1.75 bits per heavy atom. The Bertz CT molecular complexity index is 1690. The maximum Gasteiger partial charge on any atom is 0.262 e. The van der Waals surface area contributed by atoms with Crippen molar-refractivity contribution in [2.24, 2.45) is 0 Å². The van der Waals surface area contributed by atoms with Crippen molar-refractivity contribution in [1.29, 1.82) is 0 Å². The van der Waals surface area contributed by atoms with Crippen LogP contribution in [0.1, 0.15) is 11.1 Å². The van der Waals surface area contributed by atoms with Crippen molar-refractivity contribution in [1.82, 2.24) is 4.98 Å². The quantitative estimate of drug-likeness (QED) is 0.415. The summed E-state index contributed by atoms with van der Waals surface area (Å²) >= 11 is 0. The highest BCUT2D eigenvalue weighted by molar-refractivity contribution is 7.93. The molecular formula is C26H25N3O5S2. The first-order chi connectivity index (χ1) is 17.1. The van der Waals surface area contributed by atoms with E-state index >= 15 is 0 Å². The van der Waals surface area contributed by atoms with Gasteiger partial charge in [0, 0.05) is 16.6 Å². The molecule has 1 aliphatic heterocycles. The van der Waals surface area contributed by atoms with E-state index in [2.05, 4.69) is 4.72 Å². The molecule has 8 nitrogen and oxygen atoms in total. The van der Waals surface area contributed by atoms with Gasteiger partial charge in [-0.05, 0) is 67.4 Å². The highest BCUT2D eigenvalue weighted by Crippen LogP contribution is 2.30. The summed E-state index contributed by atoms with van der Waals surface area (Å²) in [5.41, 5.74) is 4.65. The molecule has 1 fully saturated rings. The number of pyridine rings is 1. The first-order valence-electron chi connectivity index (χ1n) is 11.3. The summed E-state index contributed by atoms with van der Waals surface area (Å²) in [6.45, 7) is 4.06. The van der Waals surface area contributed by atoms with Gasteiger partial charge in [0.05, 0.1) is 34.9 Å². The van der Waals surface area contributed by atoms with Gasteiger partial charge in [-0.25, -0.2) is 21.8 Å². The molecule has 2 heterocycles. The van der Waals surface area contributed by atoms with Crippen LogP contribution in [0.4, 0.5) is 11.4 Å². The molecular weight excluding hydrogens is 498 g/mol. The van der Waals surface area contributed by atoms with Crippen LogP contribution in [-0.2, 0) is 24.8 Å². The van der Waals surface area contributed by atoms with E-state index in [9.17, 15) is 16.8 Å². The third-order valence-electron chi connectivity index (χ3n) is 6.11. The smallest absolute Gasteiger partial charge is 0.262 e. The van der Waals surface area contributed by atoms with Crippen LogP contribution >= 0.6 is 0 Å². The molecule has 186 valence electrons. The van der Waals surface area contributed by atoms with Gasteiger partial charge >= 0.3 is 0 Å². The van der Waals surface area contributed by atoms with E-state index in [-0.39, 0.29) is 18.0 Å². The predicted octanol–water partition coefficient (Wildman–Crippen LogP) is 4.44. The molecule has 0 bridgehead atoms. The minimum atomic E-state index is -3.93. The number of hydrogen-bond acceptors (Lipinski definition) is 6. The molecule has 0 saturated carbocycles. The number of hydrogen-bond donors (Lipinski definition) is 1. The van der Waals surface area contributed by atoms with Crippen LogP contribution in [0, 0.1) is 13.8 Å². The zero-order valence-corrected chi connectivity index (χ0v) is 21.4. The lowest BCUT2D eigenvalue weighted by Crippen LogP contribution is -2.41. The summed E-state index contributed by atoms with van der Waals surface area (Å²) in [6, 6.07) is 21.6. The fraction of sp³-hybridized carbons (Fsp3) is 0.192. The van der Waals surface area contributed by atoms with Crippen LogP contribution in [0.5, 0.6) is 0 Å². The van der Waals surface area contributed by atoms with Crippen LogP contribution in [0.3, 0.4) is 0 Å². The SMILES string of the molecule is Cc1ccc(NS(=O)(=O)c2ccc(N3CCOCS3(=O)=O)cc2C)cc1-c1ccc2ccccc2n1. The molecule has 3 aromatic carbocycles. The molecule has 1 N–H and O–H groups in total. The summed E-state index contributed by atoms with van der Waals surface area (Å²) in [7, 11) is -7.53. The molecule has 0 atom stereocenters. The number of aromatic nitrogens is 1. The average Bonchev–Trinajstić information content (AvgIpc) is 2.84. The highest BCUT2D eigenvalue weighted by atomic mass is 32.2. The van der Waals surface area contributed by atoms with Gasteiger partial charge in [-0.2, -0.15) is 0 Å². The Balaban J connectivity index is 1.45. The lowest BCUT2D eigenvalue weighted by atomic mass is 10.0. The third kappa shape index (κ3) is 4.67. The Morgan fingerprint density at radius 1 is 0.944 bits per heavy atom. The second kappa shape index (κ2) is 9.20. The third-order valence-corrected chi connectivity index (χ3v) is 9.18. The molecule has 5 rings (SSSR count). The minimum Gasteiger partial charge on any atom is -0.362 e. The number of aryl methyl sites for hydroxylation is 2. The second-order valence-corrected chi connectivity index (χ2v) is 12.2. The van der Waals surface area contributed by atoms with Crippen molar-refractivity contribution in [3.8, 4) is 11.3 Å². The number of rotatable bonds is 5. The second-order valence-electron chi connectivity index (χ2n) is 8.68. The lowest BCUT2D eigenvalue weighted by Gasteiger charge is -2.28. The summed E-state index contributed by atoms with van der Waals surface area (Å²) < 4.78 is 60.1. The van der Waals surface area contributed by atoms with Gasteiger partial charge in [0.2, 0.25) is 0 Å². The molecule has 0 spiro atoms. The number of nitrogens with zero attached hydrogens (tertiary/aromatic N) is 2. The van der Waals surface area contributed by atoms with E-state index in [4.69, 9.17) is 9.72 Å². The summed E-state index contributed by atoms with van der Waals surface area (Å²) in [6.07, 6.45) is 0. The lowest BCUT2D eigenvalue weighted by molar-refractivity contribution is 0.175. The number of para-hydroxylation sites is 1. The topological polar surface area (TPSA) is 106 Å². The van der Waals surface area contributed by atoms with Crippen molar-refractivity contribution in [3.63, 3.8) is 0 Å². The number of nitrogens with one attached hydrogen (secondary N) is 1. The Kier molecular flexibility index (Phi) is 6.19. The van der Waals surface area contributed by atoms with Crippen molar-refractivity contribution >= 4 is 42.3 Å². The van der Waals surface area contributed by atoms with Crippen LogP contribution in [0.2, 0.25) is 0 Å². The van der Waals surface area contributed by atoms with Gasteiger partial charge in [-0.15, -0.1) is 0 Å². The summed E-state index contributed by atoms with van der Waals surface area (Å²) in [4.78, 5) is 4.81. The molecule has 36 heavy (non-hydrogen) atoms. The number of ether oxygens (including phenoxy) is 1. The van der Waals surface area contributed by atoms with E-state index in [1.165, 1.54) is 16.4 Å². The molecule has 0 radical (unpaired) electrons. The fourth-order valence-corrected chi connectivity index (χ4v) is 6.80. The van der Waals surface area contributed by atoms with Gasteiger partial charge in [0.1, 0.15) is 0 Å². The Hall–Kier alpha value is -3.47. The first kappa shape index (κ1) is 24.2. The number of benzene rings is 3. The maximum absolute atomic E-state index is 13.3. The van der Waals surface area contributed by atoms with Crippen LogP contribution in [0.25, 0.3) is 22.2 Å². The molecule has 1 saturated heterocycles. The summed E-state index contributed by atoms with van der Waals surface area (Å²) in [5, 5.41) is 1.03. The van der Waals surface area contributed by atoms with E-state index < -0.39 is 26.0 Å². The van der Waals surface area contributed by atoms with Gasteiger partial charge < -0.3 is 4.74 Å². The van der Waals surface area contributed by atoms with E-state index in [0.29, 0.717) is 16.9 Å². The van der Waals surface area contributed by atoms with Crippen LogP contribution in [0.15, 0.2) is 77.7 Å². The van der Waals surface area contributed by atoms with E-state index in [1.54, 1.807) is 25.1 Å². The summed E-state index contributed by atoms with van der Waals surface area (Å²) in [5.74, 6) is -0.393. The molecule has 0 amide bonds. The fourth-order valence-electron chi connectivity index (χ4n) is 4.28. The average molecular weight is 524 g/mol. The molecule has 1 aromatic heterocycles. The largest absolute Gasteiger partial charge is 0.362 e. The monoisotopic (exact) mass is 523 g/mol. The zero-order valence-electron chi connectivity index (χ0n) is 19.8. The Labute approximate surface area is 210 Å². The predicted molar refractivity (Wildman–Crippen MR) is 141 cm³/mol. The molecule has 0 unspecified atom stereocenters. The van der Waals surface area contributed by atoms with Crippen LogP contribution in [-0.4, -0.2) is 40.9 Å². The van der Waals surface area contributed by atoms with E-state index in [1.807, 2.05) is 49.4 Å². The number of sulfonamides is 2. The van der Waals surface area contributed by atoms with Gasteiger partial charge in [0.25, 0.3) is 20.0 Å². The molecule has 1 aliphatic rings. The highest BCUT2D eigenvalue weighted by Gasteiger charge is 2.28. The zero-order chi connectivity index (χ0) is 25.5. The standard InChI is InChI=1S/C26H25N3O5S2/c1-18-7-9-21(16-23(18)25-11-8-20-5-3-4-6-24(20)27-25)28-36(32,33)26-12-10-22(15-19(26)2)29-13-14-34-17-35(29,30)31/h3-12,15-16,28H,13-14,17H2,1-2H3. The molecule has 10 heteroatoms. The van der Waals surface area contributed by atoms with Crippen molar-refractivity contribution in [3.05, 3.63) is 83.9 Å².